The van der Waals surface area contributed by atoms with Crippen LogP contribution in [0.25, 0.3) is 0 Å². The molecule has 0 bridgehead atoms. The fourth-order valence-corrected chi connectivity index (χ4v) is 1.84. The lowest BCUT2D eigenvalue weighted by Crippen LogP contribution is -2.49. The van der Waals surface area contributed by atoms with Crippen molar-refractivity contribution in [2.45, 2.75) is 64.1 Å². The van der Waals surface area contributed by atoms with E-state index in [4.69, 9.17) is 10.5 Å². The molecule has 0 aliphatic heterocycles. The predicted octanol–water partition coefficient (Wildman–Crippen LogP) is 2.34. The first-order valence-corrected chi connectivity index (χ1v) is 6.28. The van der Waals surface area contributed by atoms with Crippen LogP contribution in [0.1, 0.15) is 46.5 Å². The zero-order chi connectivity index (χ0) is 12.9. The van der Waals surface area contributed by atoms with E-state index in [0.717, 1.165) is 25.7 Å². The average molecular weight is 240 g/mol. The van der Waals surface area contributed by atoms with E-state index >= 15 is 0 Å². The topological polar surface area (TPSA) is 64.3 Å². The number of ether oxygens (including phenoxy) is 1. The van der Waals surface area contributed by atoms with Crippen LogP contribution in [0.5, 0.6) is 0 Å². The Labute approximate surface area is 104 Å². The SMILES string of the molecule is CC(C)(C)OC(=O)NC1CCC/C=C/C[C@H]1N. The quantitative estimate of drug-likeness (QED) is 0.691. The average Bonchev–Trinajstić information content (AvgIpc) is 2.15. The van der Waals surface area contributed by atoms with Crippen LogP contribution in [0.3, 0.4) is 0 Å². The molecule has 1 aliphatic rings. The molecule has 1 rings (SSSR count). The third-order valence-electron chi connectivity index (χ3n) is 2.68. The Morgan fingerprint density at radius 3 is 2.76 bits per heavy atom. The Morgan fingerprint density at radius 2 is 2.12 bits per heavy atom. The van der Waals surface area contributed by atoms with E-state index < -0.39 is 5.60 Å². The van der Waals surface area contributed by atoms with Crippen LogP contribution >= 0.6 is 0 Å². The Bertz CT molecular complexity index is 282. The minimum atomic E-state index is -0.463. The van der Waals surface area contributed by atoms with Gasteiger partial charge in [-0.1, -0.05) is 12.2 Å². The maximum Gasteiger partial charge on any atom is 0.407 e. The maximum atomic E-state index is 11.7. The number of nitrogens with two attached hydrogens (primary N) is 1. The molecule has 98 valence electrons. The largest absolute Gasteiger partial charge is 0.444 e. The van der Waals surface area contributed by atoms with Gasteiger partial charge < -0.3 is 15.8 Å². The highest BCUT2D eigenvalue weighted by atomic mass is 16.6. The van der Waals surface area contributed by atoms with Gasteiger partial charge in [-0.2, -0.15) is 0 Å². The summed E-state index contributed by atoms with van der Waals surface area (Å²) in [5, 5.41) is 2.87. The molecule has 0 spiro atoms. The summed E-state index contributed by atoms with van der Waals surface area (Å²) in [6, 6.07) is -0.0196. The lowest BCUT2D eigenvalue weighted by atomic mass is 9.97. The molecule has 4 nitrogen and oxygen atoms in total. The summed E-state index contributed by atoms with van der Waals surface area (Å²) in [5.41, 5.74) is 5.58. The van der Waals surface area contributed by atoms with Crippen LogP contribution in [0.15, 0.2) is 12.2 Å². The van der Waals surface area contributed by atoms with E-state index in [1.807, 2.05) is 20.8 Å². The van der Waals surface area contributed by atoms with Crippen LogP contribution in [-0.4, -0.2) is 23.8 Å². The highest BCUT2D eigenvalue weighted by Gasteiger charge is 2.23. The minimum absolute atomic E-state index is 0.00907. The third kappa shape index (κ3) is 5.73. The molecular formula is C13H24N2O2. The molecule has 0 radical (unpaired) electrons. The van der Waals surface area contributed by atoms with Crippen LogP contribution in [0.2, 0.25) is 0 Å². The molecule has 1 amide bonds. The van der Waals surface area contributed by atoms with E-state index in [1.165, 1.54) is 0 Å². The minimum Gasteiger partial charge on any atom is -0.444 e. The van der Waals surface area contributed by atoms with Gasteiger partial charge >= 0.3 is 6.09 Å². The van der Waals surface area contributed by atoms with Crippen LogP contribution in [-0.2, 0) is 4.74 Å². The molecule has 4 heteroatoms. The summed E-state index contributed by atoms with van der Waals surface area (Å²) >= 11 is 0. The van der Waals surface area contributed by atoms with E-state index in [2.05, 4.69) is 17.5 Å². The summed E-state index contributed by atoms with van der Waals surface area (Å²) < 4.78 is 5.24. The van der Waals surface area contributed by atoms with E-state index in [-0.39, 0.29) is 18.2 Å². The predicted molar refractivity (Wildman–Crippen MR) is 68.7 cm³/mol. The van der Waals surface area contributed by atoms with Crippen molar-refractivity contribution in [1.82, 2.24) is 5.32 Å². The van der Waals surface area contributed by atoms with Crippen molar-refractivity contribution in [2.75, 3.05) is 0 Å². The molecule has 0 aromatic carbocycles. The van der Waals surface area contributed by atoms with Gasteiger partial charge in [0.05, 0.1) is 0 Å². The number of hydrogen-bond acceptors (Lipinski definition) is 3. The number of rotatable bonds is 1. The van der Waals surface area contributed by atoms with Crippen molar-refractivity contribution in [2.24, 2.45) is 5.73 Å². The monoisotopic (exact) mass is 240 g/mol. The second-order valence-corrected chi connectivity index (χ2v) is 5.55. The zero-order valence-corrected chi connectivity index (χ0v) is 11.0. The summed E-state index contributed by atoms with van der Waals surface area (Å²) in [7, 11) is 0. The highest BCUT2D eigenvalue weighted by molar-refractivity contribution is 5.68. The number of hydrogen-bond donors (Lipinski definition) is 2. The Balaban J connectivity index is 2.48. The molecule has 1 aliphatic carbocycles. The summed E-state index contributed by atoms with van der Waals surface area (Å²) in [5.74, 6) is 0. The molecular weight excluding hydrogens is 216 g/mol. The van der Waals surface area contributed by atoms with Gasteiger partial charge in [-0.25, -0.2) is 4.79 Å². The van der Waals surface area contributed by atoms with Crippen molar-refractivity contribution in [3.63, 3.8) is 0 Å². The first-order valence-electron chi connectivity index (χ1n) is 6.28. The van der Waals surface area contributed by atoms with Gasteiger partial charge in [0.15, 0.2) is 0 Å². The number of nitrogens with one attached hydrogen (secondary N) is 1. The molecule has 2 atom stereocenters. The highest BCUT2D eigenvalue weighted by Crippen LogP contribution is 2.13. The van der Waals surface area contributed by atoms with Gasteiger partial charge in [-0.3, -0.25) is 0 Å². The Hall–Kier alpha value is -1.03. The number of alkyl carbamates (subject to hydrolysis) is 1. The number of carbonyl (C=O) groups is 1. The van der Waals surface area contributed by atoms with Crippen molar-refractivity contribution in [3.8, 4) is 0 Å². The van der Waals surface area contributed by atoms with Gasteiger partial charge in [0.25, 0.3) is 0 Å². The van der Waals surface area contributed by atoms with Crippen molar-refractivity contribution < 1.29 is 9.53 Å². The molecule has 1 unspecified atom stereocenters. The fraction of sp³-hybridized carbons (Fsp3) is 0.769. The summed E-state index contributed by atoms with van der Waals surface area (Å²) in [6.07, 6.45) is 7.69. The van der Waals surface area contributed by atoms with E-state index in [1.54, 1.807) is 0 Å². The van der Waals surface area contributed by atoms with Crippen molar-refractivity contribution in [3.05, 3.63) is 12.2 Å². The van der Waals surface area contributed by atoms with Gasteiger partial charge in [0.1, 0.15) is 5.60 Å². The molecule has 0 aromatic heterocycles. The summed E-state index contributed by atoms with van der Waals surface area (Å²) in [6.45, 7) is 5.56. The molecule has 0 heterocycles. The second-order valence-electron chi connectivity index (χ2n) is 5.55. The lowest BCUT2D eigenvalue weighted by Gasteiger charge is -2.27. The maximum absolute atomic E-state index is 11.7. The summed E-state index contributed by atoms with van der Waals surface area (Å²) in [4.78, 5) is 11.7. The smallest absolute Gasteiger partial charge is 0.407 e. The van der Waals surface area contributed by atoms with Gasteiger partial charge in [-0.15, -0.1) is 0 Å². The Morgan fingerprint density at radius 1 is 1.41 bits per heavy atom. The fourth-order valence-electron chi connectivity index (χ4n) is 1.84. The van der Waals surface area contributed by atoms with Gasteiger partial charge in [0, 0.05) is 12.1 Å². The first-order chi connectivity index (χ1) is 7.88. The standard InChI is InChI=1S/C13H24N2O2/c1-13(2,3)17-12(16)15-11-9-7-5-4-6-8-10(11)14/h4,6,10-11H,5,7-9,14H2,1-3H3,(H,15,16)/b6-4+/t10-,11?/m1/s1. The molecule has 0 saturated carbocycles. The molecule has 0 aromatic rings. The van der Waals surface area contributed by atoms with Crippen LogP contribution in [0, 0.1) is 0 Å². The molecule has 0 saturated heterocycles. The van der Waals surface area contributed by atoms with Crippen molar-refractivity contribution in [1.29, 1.82) is 0 Å². The second kappa shape index (κ2) is 6.05. The molecule has 17 heavy (non-hydrogen) atoms. The van der Waals surface area contributed by atoms with Crippen molar-refractivity contribution >= 4 is 6.09 Å². The van der Waals surface area contributed by atoms with Gasteiger partial charge in [-0.05, 0) is 46.5 Å². The number of allylic oxidation sites excluding steroid dienone is 1. The first kappa shape index (κ1) is 14.0. The third-order valence-corrected chi connectivity index (χ3v) is 2.68. The molecule has 0 fully saturated rings. The Kier molecular flexibility index (Phi) is 5.00. The normalized spacial score (nSPS) is 27.8. The molecule has 3 N–H and O–H groups in total. The zero-order valence-electron chi connectivity index (χ0n) is 11.0. The van der Waals surface area contributed by atoms with E-state index in [0.29, 0.717) is 0 Å². The van der Waals surface area contributed by atoms with Crippen LogP contribution in [0.4, 0.5) is 4.79 Å². The van der Waals surface area contributed by atoms with Crippen LogP contribution < -0.4 is 11.1 Å². The lowest BCUT2D eigenvalue weighted by molar-refractivity contribution is 0.0493. The van der Waals surface area contributed by atoms with Gasteiger partial charge in [0.2, 0.25) is 0 Å². The number of amides is 1. The van der Waals surface area contributed by atoms with E-state index in [9.17, 15) is 4.79 Å². The number of carbonyl (C=O) groups excluding carboxylic acids is 1.